The molecule has 0 amide bonds. The van der Waals surface area contributed by atoms with Crippen LogP contribution in [0.2, 0.25) is 10.0 Å². The molecule has 2 aromatic carbocycles. The van der Waals surface area contributed by atoms with Gasteiger partial charge in [0.25, 0.3) is 0 Å². The van der Waals surface area contributed by atoms with Crippen molar-refractivity contribution in [3.05, 3.63) is 99.8 Å². The first-order valence-electron chi connectivity index (χ1n) is 8.42. The molecule has 0 bridgehead atoms. The number of aryl methyl sites for hydroxylation is 1. The third kappa shape index (κ3) is 4.43. The summed E-state index contributed by atoms with van der Waals surface area (Å²) in [6.45, 7) is 0. The first kappa shape index (κ1) is 18.5. The molecule has 2 nitrogen and oxygen atoms in total. The van der Waals surface area contributed by atoms with E-state index in [0.717, 1.165) is 23.1 Å². The summed E-state index contributed by atoms with van der Waals surface area (Å²) in [4.78, 5) is 4.19. The summed E-state index contributed by atoms with van der Waals surface area (Å²) in [5.74, 6) is 0. The Morgan fingerprint density at radius 2 is 1.54 bits per heavy atom. The number of hydrogen-bond acceptors (Lipinski definition) is 2. The molecule has 130 valence electrons. The number of nitrogens with zero attached hydrogens (tertiary/aromatic N) is 2. The Labute approximate surface area is 164 Å². The van der Waals surface area contributed by atoms with Crippen LogP contribution in [0.3, 0.4) is 0 Å². The molecule has 0 aliphatic carbocycles. The lowest BCUT2D eigenvalue weighted by molar-refractivity contribution is 0.499. The molecule has 0 spiro atoms. The zero-order chi connectivity index (χ0) is 18.4. The highest BCUT2D eigenvalue weighted by atomic mass is 35.5. The van der Waals surface area contributed by atoms with Crippen LogP contribution in [-0.2, 0) is 18.3 Å². The van der Waals surface area contributed by atoms with Crippen LogP contribution in [0.1, 0.15) is 23.1 Å². The van der Waals surface area contributed by atoms with Crippen LogP contribution < -0.4 is 0 Å². The maximum atomic E-state index is 10.2. The van der Waals surface area contributed by atoms with Crippen molar-refractivity contribution in [2.45, 2.75) is 24.7 Å². The van der Waals surface area contributed by atoms with Crippen molar-refractivity contribution in [1.29, 1.82) is 5.26 Å². The fourth-order valence-electron chi connectivity index (χ4n) is 3.12. The predicted molar refractivity (Wildman–Crippen MR) is 106 cm³/mol. The smallest absolute Gasteiger partial charge is 0.0866 e. The molecule has 0 N–H and O–H groups in total. The van der Waals surface area contributed by atoms with Crippen LogP contribution in [0.25, 0.3) is 0 Å². The predicted octanol–water partition coefficient (Wildman–Crippen LogP) is 6.03. The molecule has 0 saturated heterocycles. The molecule has 0 fully saturated rings. The minimum Gasteiger partial charge on any atom is -0.264 e. The van der Waals surface area contributed by atoms with Gasteiger partial charge in [0.05, 0.1) is 11.5 Å². The third-order valence-corrected chi connectivity index (χ3v) is 5.10. The number of benzene rings is 2. The van der Waals surface area contributed by atoms with Crippen molar-refractivity contribution >= 4 is 23.2 Å². The summed E-state index contributed by atoms with van der Waals surface area (Å²) in [5.41, 5.74) is 2.53. The highest BCUT2D eigenvalue weighted by Crippen LogP contribution is 2.34. The maximum absolute atomic E-state index is 10.2. The van der Waals surface area contributed by atoms with Crippen LogP contribution in [0.5, 0.6) is 0 Å². The van der Waals surface area contributed by atoms with Gasteiger partial charge in [-0.15, -0.1) is 0 Å². The second-order valence-electron chi connectivity index (χ2n) is 6.37. The van der Waals surface area contributed by atoms with Crippen LogP contribution in [0, 0.1) is 11.3 Å². The van der Waals surface area contributed by atoms with Crippen LogP contribution in [-0.4, -0.2) is 4.98 Å². The summed E-state index contributed by atoms with van der Waals surface area (Å²) >= 11 is 12.0. The first-order valence-corrected chi connectivity index (χ1v) is 9.17. The van der Waals surface area contributed by atoms with Crippen molar-refractivity contribution in [2.75, 3.05) is 0 Å². The lowest BCUT2D eigenvalue weighted by Crippen LogP contribution is -2.28. The Kier molecular flexibility index (Phi) is 5.93. The fourth-order valence-corrected chi connectivity index (χ4v) is 3.38. The van der Waals surface area contributed by atoms with Crippen LogP contribution in [0.4, 0.5) is 0 Å². The maximum Gasteiger partial charge on any atom is 0.0866 e. The Bertz CT molecular complexity index is 884. The molecule has 3 aromatic rings. The molecular weight excluding hydrogens is 363 g/mol. The van der Waals surface area contributed by atoms with Crippen molar-refractivity contribution in [1.82, 2.24) is 4.98 Å². The van der Waals surface area contributed by atoms with Gasteiger partial charge in [0.1, 0.15) is 0 Å². The van der Waals surface area contributed by atoms with Gasteiger partial charge in [-0.05, 0) is 66.3 Å². The Morgan fingerprint density at radius 3 is 2.12 bits per heavy atom. The standard InChI is InChI=1S/C22H18Cl2N2/c23-20-7-3-17(4-8-20)11-12-22(16-25,14-18-2-1-13-26-15-18)19-5-9-21(24)10-6-19/h1-10,13,15H,11-12,14H2. The van der Waals surface area contributed by atoms with Gasteiger partial charge in [-0.3, -0.25) is 4.98 Å². The lowest BCUT2D eigenvalue weighted by atomic mass is 9.73. The summed E-state index contributed by atoms with van der Waals surface area (Å²) < 4.78 is 0. The highest BCUT2D eigenvalue weighted by Gasteiger charge is 2.32. The number of pyridine rings is 1. The normalized spacial score (nSPS) is 13.0. The molecule has 4 heteroatoms. The van der Waals surface area contributed by atoms with Crippen LogP contribution >= 0.6 is 23.2 Å². The molecule has 0 aliphatic heterocycles. The summed E-state index contributed by atoms with van der Waals surface area (Å²) in [7, 11) is 0. The average Bonchev–Trinajstić information content (AvgIpc) is 2.68. The quantitative estimate of drug-likeness (QED) is 0.523. The SMILES string of the molecule is N#CC(CCc1ccc(Cl)cc1)(Cc1cccnc1)c1ccc(Cl)cc1. The monoisotopic (exact) mass is 380 g/mol. The number of hydrogen-bond donors (Lipinski definition) is 0. The number of halogens is 2. The molecule has 1 atom stereocenters. The van der Waals surface area contributed by atoms with Crippen molar-refractivity contribution in [2.24, 2.45) is 0 Å². The Balaban J connectivity index is 1.92. The topological polar surface area (TPSA) is 36.7 Å². The lowest BCUT2D eigenvalue weighted by Gasteiger charge is -2.27. The number of rotatable bonds is 6. The van der Waals surface area contributed by atoms with E-state index in [2.05, 4.69) is 11.1 Å². The summed E-state index contributed by atoms with van der Waals surface area (Å²) in [6, 6.07) is 21.9. The van der Waals surface area contributed by atoms with Gasteiger partial charge in [-0.1, -0.05) is 53.5 Å². The van der Waals surface area contributed by atoms with Gasteiger partial charge in [0.2, 0.25) is 0 Å². The largest absolute Gasteiger partial charge is 0.264 e. The van der Waals surface area contributed by atoms with Crippen LogP contribution in [0.15, 0.2) is 73.1 Å². The number of aromatic nitrogens is 1. The van der Waals surface area contributed by atoms with Gasteiger partial charge >= 0.3 is 0 Å². The second-order valence-corrected chi connectivity index (χ2v) is 7.24. The molecule has 1 aromatic heterocycles. The molecule has 26 heavy (non-hydrogen) atoms. The van der Waals surface area contributed by atoms with Gasteiger partial charge < -0.3 is 0 Å². The minimum atomic E-state index is -0.646. The van der Waals surface area contributed by atoms with E-state index in [9.17, 15) is 5.26 Å². The van der Waals surface area contributed by atoms with Gasteiger partial charge in [-0.2, -0.15) is 5.26 Å². The van der Waals surface area contributed by atoms with Crippen molar-refractivity contribution < 1.29 is 0 Å². The van der Waals surface area contributed by atoms with E-state index in [0.29, 0.717) is 22.9 Å². The van der Waals surface area contributed by atoms with Gasteiger partial charge in [0.15, 0.2) is 0 Å². The van der Waals surface area contributed by atoms with E-state index < -0.39 is 5.41 Å². The van der Waals surface area contributed by atoms with E-state index in [-0.39, 0.29) is 0 Å². The third-order valence-electron chi connectivity index (χ3n) is 4.59. The van der Waals surface area contributed by atoms with Gasteiger partial charge in [0, 0.05) is 22.4 Å². The van der Waals surface area contributed by atoms with Crippen molar-refractivity contribution in [3.8, 4) is 6.07 Å². The zero-order valence-corrected chi connectivity index (χ0v) is 15.7. The average molecular weight is 381 g/mol. The number of nitriles is 1. The minimum absolute atomic E-state index is 0.604. The van der Waals surface area contributed by atoms with Crippen molar-refractivity contribution in [3.63, 3.8) is 0 Å². The van der Waals surface area contributed by atoms with E-state index >= 15 is 0 Å². The first-order chi connectivity index (χ1) is 12.6. The Morgan fingerprint density at radius 1 is 0.885 bits per heavy atom. The van der Waals surface area contributed by atoms with E-state index in [1.54, 1.807) is 6.20 Å². The summed E-state index contributed by atoms with van der Waals surface area (Å²) in [5, 5.41) is 11.5. The molecule has 0 saturated carbocycles. The molecule has 0 radical (unpaired) electrons. The highest BCUT2D eigenvalue weighted by molar-refractivity contribution is 6.30. The molecule has 1 unspecified atom stereocenters. The summed E-state index contributed by atoms with van der Waals surface area (Å²) in [6.07, 6.45) is 5.65. The fraction of sp³-hybridized carbons (Fsp3) is 0.182. The van der Waals surface area contributed by atoms with Gasteiger partial charge in [-0.25, -0.2) is 0 Å². The molecule has 1 heterocycles. The molecule has 3 rings (SSSR count). The second kappa shape index (κ2) is 8.36. The van der Waals surface area contributed by atoms with E-state index in [4.69, 9.17) is 23.2 Å². The van der Waals surface area contributed by atoms with E-state index in [1.807, 2.05) is 66.9 Å². The van der Waals surface area contributed by atoms with E-state index in [1.165, 1.54) is 0 Å². The molecular formula is C22H18Cl2N2. The Hall–Kier alpha value is -2.34. The molecule has 0 aliphatic rings. The zero-order valence-electron chi connectivity index (χ0n) is 14.2.